The highest BCUT2D eigenvalue weighted by atomic mass is 16.6. The molecule has 0 radical (unpaired) electrons. The first-order valence-corrected chi connectivity index (χ1v) is 5.90. The molecule has 0 aromatic heterocycles. The van der Waals surface area contributed by atoms with Crippen molar-refractivity contribution < 1.29 is 4.92 Å². The summed E-state index contributed by atoms with van der Waals surface area (Å²) in [5.74, 6) is 0. The molecule has 0 amide bonds. The maximum atomic E-state index is 10.9. The molecule has 2 N–H and O–H groups in total. The highest BCUT2D eigenvalue weighted by Crippen LogP contribution is 2.27. The van der Waals surface area contributed by atoms with Gasteiger partial charge in [-0.1, -0.05) is 18.2 Å². The second kappa shape index (κ2) is 5.39. The summed E-state index contributed by atoms with van der Waals surface area (Å²) in [7, 11) is 1.73. The zero-order valence-electron chi connectivity index (χ0n) is 10.8. The molecule has 0 aliphatic carbocycles. The number of hydrogen-bond donors (Lipinski definition) is 2. The van der Waals surface area contributed by atoms with Gasteiger partial charge >= 0.3 is 0 Å². The standard InChI is InChI=1S/C14H15N3O2/c1-10-5-3-4-6-14(10)16-12-7-11(15-2)8-13(9-12)17(18)19/h3-9,15-16H,1-2H3. The molecule has 0 aliphatic rings. The molecule has 0 spiro atoms. The van der Waals surface area contributed by atoms with Crippen LogP contribution in [0.25, 0.3) is 0 Å². The Morgan fingerprint density at radius 2 is 1.79 bits per heavy atom. The zero-order valence-corrected chi connectivity index (χ0v) is 10.8. The molecule has 0 aliphatic heterocycles. The first-order valence-electron chi connectivity index (χ1n) is 5.90. The number of para-hydroxylation sites is 1. The summed E-state index contributed by atoms with van der Waals surface area (Å²) < 4.78 is 0. The van der Waals surface area contributed by atoms with Crippen LogP contribution in [0.5, 0.6) is 0 Å². The summed E-state index contributed by atoms with van der Waals surface area (Å²) in [5, 5.41) is 17.0. The first kappa shape index (κ1) is 12.9. The summed E-state index contributed by atoms with van der Waals surface area (Å²) in [4.78, 5) is 10.5. The molecular formula is C14H15N3O2. The van der Waals surface area contributed by atoms with Crippen LogP contribution in [0.4, 0.5) is 22.7 Å². The number of nitrogens with one attached hydrogen (secondary N) is 2. The fourth-order valence-electron chi connectivity index (χ4n) is 1.80. The van der Waals surface area contributed by atoms with Crippen LogP contribution in [0.2, 0.25) is 0 Å². The Balaban J connectivity index is 2.37. The van der Waals surface area contributed by atoms with Gasteiger partial charge < -0.3 is 10.6 Å². The van der Waals surface area contributed by atoms with Crippen LogP contribution in [0.15, 0.2) is 42.5 Å². The molecule has 5 nitrogen and oxygen atoms in total. The third-order valence-electron chi connectivity index (χ3n) is 2.84. The van der Waals surface area contributed by atoms with Crippen LogP contribution in [0.1, 0.15) is 5.56 Å². The minimum atomic E-state index is -0.399. The maximum absolute atomic E-state index is 10.9. The molecule has 0 unspecified atom stereocenters. The smallest absolute Gasteiger partial charge is 0.273 e. The van der Waals surface area contributed by atoms with Gasteiger partial charge in [-0.2, -0.15) is 0 Å². The van der Waals surface area contributed by atoms with Crippen molar-refractivity contribution in [2.45, 2.75) is 6.92 Å². The second-order valence-corrected chi connectivity index (χ2v) is 4.22. The third-order valence-corrected chi connectivity index (χ3v) is 2.84. The van der Waals surface area contributed by atoms with Gasteiger partial charge in [0.2, 0.25) is 0 Å². The molecule has 98 valence electrons. The van der Waals surface area contributed by atoms with Gasteiger partial charge in [0.05, 0.1) is 4.92 Å². The van der Waals surface area contributed by atoms with Gasteiger partial charge in [-0.25, -0.2) is 0 Å². The topological polar surface area (TPSA) is 67.2 Å². The second-order valence-electron chi connectivity index (χ2n) is 4.22. The average Bonchev–Trinajstić information content (AvgIpc) is 2.41. The van der Waals surface area contributed by atoms with Gasteiger partial charge in [-0.05, 0) is 24.6 Å². The van der Waals surface area contributed by atoms with Crippen molar-refractivity contribution in [3.63, 3.8) is 0 Å². The van der Waals surface area contributed by atoms with Crippen LogP contribution in [0.3, 0.4) is 0 Å². The minimum absolute atomic E-state index is 0.0583. The van der Waals surface area contributed by atoms with Crippen molar-refractivity contribution in [2.24, 2.45) is 0 Å². The number of rotatable bonds is 4. The molecule has 2 rings (SSSR count). The monoisotopic (exact) mass is 257 g/mol. The normalized spacial score (nSPS) is 10.0. The minimum Gasteiger partial charge on any atom is -0.388 e. The molecule has 0 fully saturated rings. The number of benzene rings is 2. The number of nitro benzene ring substituents is 1. The van der Waals surface area contributed by atoms with E-state index in [2.05, 4.69) is 10.6 Å². The van der Waals surface area contributed by atoms with E-state index in [0.717, 1.165) is 11.3 Å². The molecule has 0 atom stereocenters. The lowest BCUT2D eigenvalue weighted by Crippen LogP contribution is -1.97. The number of aryl methyl sites for hydroxylation is 1. The summed E-state index contributed by atoms with van der Waals surface area (Å²) in [6.07, 6.45) is 0. The molecule has 0 saturated heterocycles. The molecule has 19 heavy (non-hydrogen) atoms. The Hall–Kier alpha value is -2.56. The third kappa shape index (κ3) is 3.01. The first-order chi connectivity index (χ1) is 9.10. The lowest BCUT2D eigenvalue weighted by Gasteiger charge is -2.10. The summed E-state index contributed by atoms with van der Waals surface area (Å²) in [5.41, 5.74) is 3.46. The van der Waals surface area contributed by atoms with Gasteiger partial charge in [0.1, 0.15) is 0 Å². The van der Waals surface area contributed by atoms with E-state index >= 15 is 0 Å². The number of anilines is 3. The highest BCUT2D eigenvalue weighted by Gasteiger charge is 2.09. The van der Waals surface area contributed by atoms with E-state index in [1.807, 2.05) is 37.3 Å². The van der Waals surface area contributed by atoms with E-state index in [1.54, 1.807) is 7.05 Å². The van der Waals surface area contributed by atoms with Crippen molar-refractivity contribution in [2.75, 3.05) is 17.7 Å². The predicted molar refractivity (Wildman–Crippen MR) is 77.1 cm³/mol. The van der Waals surface area contributed by atoms with Gasteiger partial charge in [0.25, 0.3) is 5.69 Å². The highest BCUT2D eigenvalue weighted by molar-refractivity contribution is 5.70. The largest absolute Gasteiger partial charge is 0.388 e. The van der Waals surface area contributed by atoms with Gasteiger partial charge in [0, 0.05) is 36.2 Å². The lowest BCUT2D eigenvalue weighted by molar-refractivity contribution is -0.384. The molecule has 2 aromatic carbocycles. The number of nitro groups is 1. The fraction of sp³-hybridized carbons (Fsp3) is 0.143. The van der Waals surface area contributed by atoms with Crippen LogP contribution >= 0.6 is 0 Å². The van der Waals surface area contributed by atoms with E-state index in [9.17, 15) is 10.1 Å². The Morgan fingerprint density at radius 3 is 2.42 bits per heavy atom. The van der Waals surface area contributed by atoms with Gasteiger partial charge in [-0.3, -0.25) is 10.1 Å². The number of nitrogens with zero attached hydrogens (tertiary/aromatic N) is 1. The number of non-ortho nitro benzene ring substituents is 1. The van der Waals surface area contributed by atoms with Crippen molar-refractivity contribution in [1.82, 2.24) is 0 Å². The lowest BCUT2D eigenvalue weighted by atomic mass is 10.2. The summed E-state index contributed by atoms with van der Waals surface area (Å²) in [6, 6.07) is 12.7. The van der Waals surface area contributed by atoms with Crippen molar-refractivity contribution >= 4 is 22.7 Å². The molecule has 2 aromatic rings. The van der Waals surface area contributed by atoms with E-state index in [-0.39, 0.29) is 5.69 Å². The van der Waals surface area contributed by atoms with Crippen molar-refractivity contribution in [3.8, 4) is 0 Å². The Kier molecular flexibility index (Phi) is 3.66. The zero-order chi connectivity index (χ0) is 13.8. The molecular weight excluding hydrogens is 242 g/mol. The van der Waals surface area contributed by atoms with Crippen molar-refractivity contribution in [3.05, 3.63) is 58.1 Å². The molecule has 0 heterocycles. The van der Waals surface area contributed by atoms with E-state index < -0.39 is 4.92 Å². The SMILES string of the molecule is CNc1cc(Nc2ccccc2C)cc([N+](=O)[O-])c1. The van der Waals surface area contributed by atoms with E-state index in [0.29, 0.717) is 11.4 Å². The van der Waals surface area contributed by atoms with E-state index in [1.165, 1.54) is 12.1 Å². The number of hydrogen-bond acceptors (Lipinski definition) is 4. The van der Waals surface area contributed by atoms with Crippen molar-refractivity contribution in [1.29, 1.82) is 0 Å². The molecule has 0 bridgehead atoms. The van der Waals surface area contributed by atoms with Crippen LogP contribution < -0.4 is 10.6 Å². The Labute approximate surface area is 111 Å². The Bertz CT molecular complexity index is 611. The van der Waals surface area contributed by atoms with Gasteiger partial charge in [0.15, 0.2) is 0 Å². The van der Waals surface area contributed by atoms with Crippen LogP contribution in [-0.4, -0.2) is 12.0 Å². The van der Waals surface area contributed by atoms with Gasteiger partial charge in [-0.15, -0.1) is 0 Å². The maximum Gasteiger partial charge on any atom is 0.273 e. The predicted octanol–water partition coefficient (Wildman–Crippen LogP) is 3.69. The Morgan fingerprint density at radius 1 is 1.11 bits per heavy atom. The average molecular weight is 257 g/mol. The summed E-state index contributed by atoms with van der Waals surface area (Å²) >= 11 is 0. The van der Waals surface area contributed by atoms with Crippen LogP contribution in [0, 0.1) is 17.0 Å². The molecule has 0 saturated carbocycles. The quantitative estimate of drug-likeness (QED) is 0.647. The van der Waals surface area contributed by atoms with E-state index in [4.69, 9.17) is 0 Å². The fourth-order valence-corrected chi connectivity index (χ4v) is 1.80. The summed E-state index contributed by atoms with van der Waals surface area (Å²) in [6.45, 7) is 1.98. The van der Waals surface area contributed by atoms with Crippen LogP contribution in [-0.2, 0) is 0 Å². The molecule has 5 heteroatoms.